The molecule has 108 valence electrons. The summed E-state index contributed by atoms with van der Waals surface area (Å²) in [5.74, 6) is -3.88. The van der Waals surface area contributed by atoms with Crippen LogP contribution in [0.4, 0.5) is 14.5 Å². The average molecular weight is 311 g/mol. The van der Waals surface area contributed by atoms with E-state index in [1.807, 2.05) is 0 Å². The number of para-hydroxylation sites is 1. The highest BCUT2D eigenvalue weighted by atomic mass is 35.5. The first kappa shape index (κ1) is 14.9. The molecule has 2 rings (SSSR count). The highest BCUT2D eigenvalue weighted by Gasteiger charge is 2.17. The molecule has 0 heterocycles. The lowest BCUT2D eigenvalue weighted by Crippen LogP contribution is -2.18. The van der Waals surface area contributed by atoms with Gasteiger partial charge >= 0.3 is 0 Å². The Hall–Kier alpha value is -2.47. The van der Waals surface area contributed by atoms with Crippen LogP contribution < -0.4 is 11.1 Å². The normalized spacial score (nSPS) is 10.2. The fraction of sp³-hybridized carbons (Fsp3) is 0. The van der Waals surface area contributed by atoms with E-state index in [0.29, 0.717) is 12.1 Å². The number of primary amides is 1. The van der Waals surface area contributed by atoms with Crippen molar-refractivity contribution in [2.75, 3.05) is 5.32 Å². The van der Waals surface area contributed by atoms with Crippen molar-refractivity contribution in [3.8, 4) is 0 Å². The first-order chi connectivity index (χ1) is 9.90. The topological polar surface area (TPSA) is 72.2 Å². The number of nitrogens with one attached hydrogen (secondary N) is 1. The molecule has 0 bridgehead atoms. The lowest BCUT2D eigenvalue weighted by Gasteiger charge is -2.10. The lowest BCUT2D eigenvalue weighted by atomic mass is 10.1. The Morgan fingerprint density at radius 1 is 1.05 bits per heavy atom. The van der Waals surface area contributed by atoms with Crippen LogP contribution in [0.15, 0.2) is 36.4 Å². The number of amides is 2. The number of rotatable bonds is 3. The van der Waals surface area contributed by atoms with E-state index in [4.69, 9.17) is 17.3 Å². The summed E-state index contributed by atoms with van der Waals surface area (Å²) in [6, 6.07) is 7.40. The van der Waals surface area contributed by atoms with E-state index in [2.05, 4.69) is 5.32 Å². The SMILES string of the molecule is NC(=O)c1ccccc1NC(=O)c1cc(F)c(F)cc1Cl. The minimum atomic E-state index is -1.20. The molecule has 2 aromatic carbocycles. The molecule has 0 spiro atoms. The van der Waals surface area contributed by atoms with Crippen molar-refractivity contribution < 1.29 is 18.4 Å². The van der Waals surface area contributed by atoms with Crippen molar-refractivity contribution in [2.24, 2.45) is 5.73 Å². The summed E-state index contributed by atoms with van der Waals surface area (Å²) in [5, 5.41) is 2.14. The summed E-state index contributed by atoms with van der Waals surface area (Å²) in [5.41, 5.74) is 5.16. The maximum absolute atomic E-state index is 13.2. The molecule has 0 aliphatic heterocycles. The van der Waals surface area contributed by atoms with Gasteiger partial charge < -0.3 is 11.1 Å². The van der Waals surface area contributed by atoms with Crippen molar-refractivity contribution in [3.63, 3.8) is 0 Å². The van der Waals surface area contributed by atoms with Gasteiger partial charge in [-0.2, -0.15) is 0 Å². The van der Waals surface area contributed by atoms with E-state index in [0.717, 1.165) is 0 Å². The van der Waals surface area contributed by atoms with Gasteiger partial charge in [0, 0.05) is 0 Å². The molecule has 21 heavy (non-hydrogen) atoms. The molecule has 0 radical (unpaired) electrons. The van der Waals surface area contributed by atoms with Crippen LogP contribution in [0.1, 0.15) is 20.7 Å². The van der Waals surface area contributed by atoms with Crippen LogP contribution in [0.2, 0.25) is 5.02 Å². The van der Waals surface area contributed by atoms with Gasteiger partial charge in [0.05, 0.1) is 21.8 Å². The van der Waals surface area contributed by atoms with Gasteiger partial charge in [-0.05, 0) is 24.3 Å². The molecule has 0 saturated heterocycles. The number of hydrogen-bond donors (Lipinski definition) is 2. The summed E-state index contributed by atoms with van der Waals surface area (Å²) in [4.78, 5) is 23.3. The van der Waals surface area contributed by atoms with Gasteiger partial charge in [-0.3, -0.25) is 9.59 Å². The zero-order valence-corrected chi connectivity index (χ0v) is 11.2. The van der Waals surface area contributed by atoms with Crippen LogP contribution in [0.5, 0.6) is 0 Å². The quantitative estimate of drug-likeness (QED) is 0.855. The molecular formula is C14H9ClF2N2O2. The van der Waals surface area contributed by atoms with Gasteiger partial charge in [-0.1, -0.05) is 23.7 Å². The molecule has 0 aliphatic rings. The van der Waals surface area contributed by atoms with Crippen LogP contribution in [0.3, 0.4) is 0 Å². The molecule has 0 saturated carbocycles. The Labute approximate surface area is 123 Å². The molecule has 0 fully saturated rings. The van der Waals surface area contributed by atoms with E-state index in [9.17, 15) is 18.4 Å². The fourth-order valence-electron chi connectivity index (χ4n) is 1.69. The molecule has 0 aliphatic carbocycles. The van der Waals surface area contributed by atoms with E-state index >= 15 is 0 Å². The third kappa shape index (κ3) is 3.17. The number of benzene rings is 2. The highest BCUT2D eigenvalue weighted by Crippen LogP contribution is 2.22. The summed E-state index contributed by atoms with van der Waals surface area (Å²) in [7, 11) is 0. The van der Waals surface area contributed by atoms with Gasteiger partial charge in [-0.15, -0.1) is 0 Å². The number of anilines is 1. The van der Waals surface area contributed by atoms with Crippen LogP contribution in [0, 0.1) is 11.6 Å². The Morgan fingerprint density at radius 2 is 1.67 bits per heavy atom. The van der Waals surface area contributed by atoms with Crippen molar-refractivity contribution in [1.82, 2.24) is 0 Å². The Kier molecular flexibility index (Phi) is 4.18. The number of carbonyl (C=O) groups excluding carboxylic acids is 2. The minimum absolute atomic E-state index is 0.0876. The molecule has 2 aromatic rings. The minimum Gasteiger partial charge on any atom is -0.366 e. The second-order valence-electron chi connectivity index (χ2n) is 4.11. The predicted octanol–water partition coefficient (Wildman–Crippen LogP) is 2.97. The number of halogens is 3. The maximum atomic E-state index is 13.2. The van der Waals surface area contributed by atoms with Gasteiger partial charge in [-0.25, -0.2) is 8.78 Å². The number of carbonyl (C=O) groups is 2. The van der Waals surface area contributed by atoms with Crippen LogP contribution in [-0.4, -0.2) is 11.8 Å². The van der Waals surface area contributed by atoms with Gasteiger partial charge in [0.25, 0.3) is 11.8 Å². The van der Waals surface area contributed by atoms with Crippen molar-refractivity contribution in [1.29, 1.82) is 0 Å². The zero-order chi connectivity index (χ0) is 15.6. The molecule has 0 aromatic heterocycles. The molecule has 2 amide bonds. The molecule has 3 N–H and O–H groups in total. The second kappa shape index (κ2) is 5.88. The first-order valence-corrected chi connectivity index (χ1v) is 6.12. The summed E-state index contributed by atoms with van der Waals surface area (Å²) in [6.45, 7) is 0. The maximum Gasteiger partial charge on any atom is 0.257 e. The molecule has 7 heteroatoms. The Balaban J connectivity index is 2.35. The average Bonchev–Trinajstić information content (AvgIpc) is 2.43. The molecular weight excluding hydrogens is 302 g/mol. The monoisotopic (exact) mass is 310 g/mol. The van der Waals surface area contributed by atoms with Crippen LogP contribution in [-0.2, 0) is 0 Å². The van der Waals surface area contributed by atoms with E-state index < -0.39 is 23.4 Å². The number of hydrogen-bond acceptors (Lipinski definition) is 2. The standard InChI is InChI=1S/C14H9ClF2N2O2/c15-9-6-11(17)10(16)5-8(9)14(21)19-12-4-2-1-3-7(12)13(18)20/h1-6H,(H2,18,20)(H,19,21). The van der Waals surface area contributed by atoms with Crippen LogP contribution >= 0.6 is 11.6 Å². The van der Waals surface area contributed by atoms with Gasteiger partial charge in [0.2, 0.25) is 0 Å². The third-order valence-electron chi connectivity index (χ3n) is 2.70. The lowest BCUT2D eigenvalue weighted by molar-refractivity contribution is 0.100. The van der Waals surface area contributed by atoms with Crippen molar-refractivity contribution in [2.45, 2.75) is 0 Å². The van der Waals surface area contributed by atoms with Crippen molar-refractivity contribution >= 4 is 29.1 Å². The number of nitrogens with two attached hydrogens (primary N) is 1. The van der Waals surface area contributed by atoms with Gasteiger partial charge in [0.1, 0.15) is 0 Å². The largest absolute Gasteiger partial charge is 0.366 e. The zero-order valence-electron chi connectivity index (χ0n) is 10.5. The Morgan fingerprint density at radius 3 is 2.33 bits per heavy atom. The molecule has 0 unspecified atom stereocenters. The van der Waals surface area contributed by atoms with E-state index in [1.54, 1.807) is 12.1 Å². The Bertz CT molecular complexity index is 735. The third-order valence-corrected chi connectivity index (χ3v) is 3.01. The van der Waals surface area contributed by atoms with E-state index in [1.165, 1.54) is 12.1 Å². The van der Waals surface area contributed by atoms with Crippen molar-refractivity contribution in [3.05, 3.63) is 64.2 Å². The van der Waals surface area contributed by atoms with E-state index in [-0.39, 0.29) is 21.8 Å². The fourth-order valence-corrected chi connectivity index (χ4v) is 1.93. The van der Waals surface area contributed by atoms with Gasteiger partial charge in [0.15, 0.2) is 11.6 Å². The second-order valence-corrected chi connectivity index (χ2v) is 4.52. The summed E-state index contributed by atoms with van der Waals surface area (Å²) in [6.07, 6.45) is 0. The summed E-state index contributed by atoms with van der Waals surface area (Å²) >= 11 is 5.71. The summed E-state index contributed by atoms with van der Waals surface area (Å²) < 4.78 is 26.1. The first-order valence-electron chi connectivity index (χ1n) is 5.75. The molecule has 4 nitrogen and oxygen atoms in total. The molecule has 0 atom stereocenters. The highest BCUT2D eigenvalue weighted by molar-refractivity contribution is 6.34. The smallest absolute Gasteiger partial charge is 0.257 e. The van der Waals surface area contributed by atoms with Crippen LogP contribution in [0.25, 0.3) is 0 Å². The predicted molar refractivity (Wildman–Crippen MR) is 74.3 cm³/mol.